The Hall–Kier alpha value is -6.14. The minimum absolute atomic E-state index is 0.301. The summed E-state index contributed by atoms with van der Waals surface area (Å²) >= 11 is 0. The molecule has 0 saturated heterocycles. The molecule has 180 valence electrons. The molecule has 5 aromatic rings. The van der Waals surface area contributed by atoms with Gasteiger partial charge in [-0.2, -0.15) is 21.0 Å². The minimum Gasteiger partial charge on any atom is -0.310 e. The zero-order valence-corrected chi connectivity index (χ0v) is 20.7. The second-order valence-corrected chi connectivity index (χ2v) is 8.77. The molecule has 0 spiro atoms. The van der Waals surface area contributed by atoms with Crippen molar-refractivity contribution in [1.29, 1.82) is 21.0 Å². The molecule has 0 atom stereocenters. The lowest BCUT2D eigenvalue weighted by Crippen LogP contribution is -2.10. The summed E-state index contributed by atoms with van der Waals surface area (Å²) in [4.78, 5) is 2.02. The zero-order valence-electron chi connectivity index (χ0n) is 20.7. The summed E-state index contributed by atoms with van der Waals surface area (Å²) in [5.41, 5.74) is 8.12. The van der Waals surface area contributed by atoms with Crippen molar-refractivity contribution in [3.63, 3.8) is 0 Å². The Kier molecular flexibility index (Phi) is 6.84. The van der Waals surface area contributed by atoms with E-state index in [1.165, 1.54) is 0 Å². The van der Waals surface area contributed by atoms with Crippen LogP contribution >= 0.6 is 0 Å². The number of rotatable bonds is 5. The highest BCUT2D eigenvalue weighted by Gasteiger charge is 2.15. The molecule has 0 aliphatic carbocycles. The Morgan fingerprint density at radius 3 is 1.28 bits per heavy atom. The highest BCUT2D eigenvalue weighted by atomic mass is 15.1. The number of hydrogen-bond acceptors (Lipinski definition) is 5. The van der Waals surface area contributed by atoms with Crippen molar-refractivity contribution >= 4 is 17.1 Å². The van der Waals surface area contributed by atoms with Crippen LogP contribution in [0, 0.1) is 45.3 Å². The third-order valence-corrected chi connectivity index (χ3v) is 6.40. The lowest BCUT2D eigenvalue weighted by Gasteiger charge is -2.26. The van der Waals surface area contributed by atoms with Gasteiger partial charge in [-0.1, -0.05) is 48.5 Å². The topological polar surface area (TPSA) is 98.4 Å². The summed E-state index contributed by atoms with van der Waals surface area (Å²) in [6.45, 7) is 0. The largest absolute Gasteiger partial charge is 0.310 e. The summed E-state index contributed by atoms with van der Waals surface area (Å²) in [5.74, 6) is 0. The van der Waals surface area contributed by atoms with Crippen molar-refractivity contribution < 1.29 is 0 Å². The van der Waals surface area contributed by atoms with Crippen LogP contribution in [0.3, 0.4) is 0 Å². The van der Waals surface area contributed by atoms with Crippen LogP contribution in [0.25, 0.3) is 22.3 Å². The van der Waals surface area contributed by atoms with E-state index in [1.807, 2.05) is 95.9 Å². The Labute approximate surface area is 226 Å². The van der Waals surface area contributed by atoms with Gasteiger partial charge in [0.1, 0.15) is 12.1 Å². The highest BCUT2D eigenvalue weighted by Crippen LogP contribution is 2.37. The van der Waals surface area contributed by atoms with Crippen LogP contribution < -0.4 is 4.90 Å². The summed E-state index contributed by atoms with van der Waals surface area (Å²) < 4.78 is 0. The van der Waals surface area contributed by atoms with Crippen molar-refractivity contribution in [1.82, 2.24) is 0 Å². The molecule has 5 nitrogen and oxygen atoms in total. The monoisotopic (exact) mass is 497 g/mol. The smallest absolute Gasteiger partial charge is 0.101 e. The van der Waals surface area contributed by atoms with E-state index in [0.29, 0.717) is 22.3 Å². The molecule has 0 saturated carbocycles. The molecule has 5 heteroatoms. The highest BCUT2D eigenvalue weighted by molar-refractivity contribution is 5.81. The minimum atomic E-state index is 0.301. The summed E-state index contributed by atoms with van der Waals surface area (Å²) in [6, 6.07) is 44.6. The molecule has 0 radical (unpaired) electrons. The van der Waals surface area contributed by atoms with Gasteiger partial charge in [0.05, 0.1) is 34.4 Å². The molecule has 0 unspecified atom stereocenters. The van der Waals surface area contributed by atoms with Gasteiger partial charge in [-0.25, -0.2) is 0 Å². The molecule has 0 heterocycles. The molecule has 0 fully saturated rings. The first kappa shape index (κ1) is 24.5. The fraction of sp³-hybridized carbons (Fsp3) is 0. The molecule has 0 aromatic heterocycles. The van der Waals surface area contributed by atoms with Crippen molar-refractivity contribution in [2.45, 2.75) is 0 Å². The average Bonchev–Trinajstić information content (AvgIpc) is 3.01. The predicted octanol–water partition coefficient (Wildman–Crippen LogP) is 7.98. The molecule has 5 aromatic carbocycles. The van der Waals surface area contributed by atoms with Gasteiger partial charge >= 0.3 is 0 Å². The van der Waals surface area contributed by atoms with E-state index in [0.717, 1.165) is 39.3 Å². The Balaban J connectivity index is 1.58. The van der Waals surface area contributed by atoms with E-state index in [9.17, 15) is 21.0 Å². The van der Waals surface area contributed by atoms with Crippen molar-refractivity contribution in [3.05, 3.63) is 138 Å². The van der Waals surface area contributed by atoms with E-state index in [2.05, 4.69) is 24.3 Å². The number of anilines is 3. The van der Waals surface area contributed by atoms with Crippen LogP contribution in [0.5, 0.6) is 0 Å². The maximum Gasteiger partial charge on any atom is 0.101 e. The summed E-state index contributed by atoms with van der Waals surface area (Å²) in [5, 5.41) is 37.6. The number of nitrogens with zero attached hydrogens (tertiary/aromatic N) is 5. The van der Waals surface area contributed by atoms with Crippen molar-refractivity contribution in [2.24, 2.45) is 0 Å². The molecular weight excluding hydrogens is 478 g/mol. The quantitative estimate of drug-likeness (QED) is 0.245. The molecule has 39 heavy (non-hydrogen) atoms. The number of benzene rings is 5. The van der Waals surface area contributed by atoms with Gasteiger partial charge in [-0.15, -0.1) is 0 Å². The number of nitriles is 4. The standard InChI is InChI=1S/C34H19N5/c35-20-24-3-1-5-28(17-24)26-7-12-32(13-8-26)39(34-16-11-30(22-37)31(19-34)23-38)33-14-9-27(10-15-33)29-6-2-4-25(18-29)21-36/h1-19H. The molecule has 0 bridgehead atoms. The van der Waals surface area contributed by atoms with Crippen LogP contribution in [0.4, 0.5) is 17.1 Å². The van der Waals surface area contributed by atoms with Gasteiger partial charge in [-0.05, 0) is 89.0 Å². The normalized spacial score (nSPS) is 9.95. The second-order valence-electron chi connectivity index (χ2n) is 8.77. The Morgan fingerprint density at radius 1 is 0.385 bits per heavy atom. The maximum absolute atomic E-state index is 9.64. The van der Waals surface area contributed by atoms with E-state index >= 15 is 0 Å². The van der Waals surface area contributed by atoms with Gasteiger partial charge in [0.15, 0.2) is 0 Å². The average molecular weight is 498 g/mol. The molecule has 5 rings (SSSR count). The van der Waals surface area contributed by atoms with Gasteiger partial charge in [0.25, 0.3) is 0 Å². The maximum atomic E-state index is 9.64. The molecule has 0 aliphatic heterocycles. The summed E-state index contributed by atoms with van der Waals surface area (Å²) in [7, 11) is 0. The lowest BCUT2D eigenvalue weighted by molar-refractivity contribution is 1.27. The first-order valence-electron chi connectivity index (χ1n) is 12.1. The fourth-order valence-corrected chi connectivity index (χ4v) is 4.45. The van der Waals surface area contributed by atoms with Crippen LogP contribution in [-0.2, 0) is 0 Å². The van der Waals surface area contributed by atoms with Crippen LogP contribution in [0.2, 0.25) is 0 Å². The molecule has 0 N–H and O–H groups in total. The van der Waals surface area contributed by atoms with E-state index in [1.54, 1.807) is 24.3 Å². The summed E-state index contributed by atoms with van der Waals surface area (Å²) in [6.07, 6.45) is 0. The van der Waals surface area contributed by atoms with Crippen molar-refractivity contribution in [3.8, 4) is 46.5 Å². The molecular formula is C34H19N5. The lowest BCUT2D eigenvalue weighted by atomic mass is 10.0. The third kappa shape index (κ3) is 5.07. The van der Waals surface area contributed by atoms with Gasteiger partial charge < -0.3 is 4.90 Å². The Bertz CT molecular complexity index is 1740. The van der Waals surface area contributed by atoms with Crippen LogP contribution in [0.15, 0.2) is 115 Å². The number of hydrogen-bond donors (Lipinski definition) is 0. The molecule has 0 amide bonds. The Morgan fingerprint density at radius 2 is 0.846 bits per heavy atom. The van der Waals surface area contributed by atoms with E-state index < -0.39 is 0 Å². The zero-order chi connectivity index (χ0) is 27.2. The van der Waals surface area contributed by atoms with Gasteiger partial charge in [0.2, 0.25) is 0 Å². The predicted molar refractivity (Wildman–Crippen MR) is 151 cm³/mol. The SMILES string of the molecule is N#Cc1cccc(-c2ccc(N(c3ccc(-c4cccc(C#N)c4)cc3)c3ccc(C#N)c(C#N)c3)cc2)c1. The second kappa shape index (κ2) is 10.9. The van der Waals surface area contributed by atoms with Gasteiger partial charge in [0, 0.05) is 17.1 Å². The van der Waals surface area contributed by atoms with Gasteiger partial charge in [-0.3, -0.25) is 0 Å². The third-order valence-electron chi connectivity index (χ3n) is 6.40. The van der Waals surface area contributed by atoms with Crippen LogP contribution in [-0.4, -0.2) is 0 Å². The first-order valence-corrected chi connectivity index (χ1v) is 12.1. The van der Waals surface area contributed by atoms with Crippen molar-refractivity contribution in [2.75, 3.05) is 4.90 Å². The van der Waals surface area contributed by atoms with Crippen LogP contribution in [0.1, 0.15) is 22.3 Å². The fourth-order valence-electron chi connectivity index (χ4n) is 4.45. The van der Waals surface area contributed by atoms with E-state index in [-0.39, 0.29) is 0 Å². The molecule has 0 aliphatic rings. The van der Waals surface area contributed by atoms with E-state index in [4.69, 9.17) is 0 Å². The first-order chi connectivity index (χ1) is 19.1.